The molecule has 0 atom stereocenters. The van der Waals surface area contributed by atoms with Crippen LogP contribution in [0.2, 0.25) is 0 Å². The molecule has 1 N–H and O–H groups in total. The molecular formula is C6H11NO3. The first-order valence-electron chi connectivity index (χ1n) is 2.97. The van der Waals surface area contributed by atoms with Gasteiger partial charge in [-0.1, -0.05) is 6.92 Å². The Bertz CT molecular complexity index is 117. The number of carbonyl (C=O) groups is 1. The molecule has 0 radical (unpaired) electrons. The minimum Gasteiger partial charge on any atom is -0.469 e. The zero-order valence-corrected chi connectivity index (χ0v) is 6.14. The standard InChI is InChI=1S/C6H11NO3/c1-3-5(7)10-4-6(8)9-2/h7H,3-4H2,1-2H3. The van der Waals surface area contributed by atoms with Crippen molar-refractivity contribution in [2.45, 2.75) is 13.3 Å². The van der Waals surface area contributed by atoms with Gasteiger partial charge in [-0.2, -0.15) is 0 Å². The molecule has 0 bridgehead atoms. The van der Waals surface area contributed by atoms with E-state index in [1.54, 1.807) is 6.92 Å². The molecule has 0 aromatic heterocycles. The number of hydrogen-bond donors (Lipinski definition) is 1. The van der Waals surface area contributed by atoms with E-state index in [0.29, 0.717) is 6.42 Å². The molecule has 0 unspecified atom stereocenters. The molecule has 0 heterocycles. The Morgan fingerprint density at radius 3 is 2.60 bits per heavy atom. The largest absolute Gasteiger partial charge is 0.469 e. The minimum atomic E-state index is -0.460. The van der Waals surface area contributed by atoms with Gasteiger partial charge in [0.05, 0.1) is 7.11 Å². The Kier molecular flexibility index (Phi) is 4.28. The Hall–Kier alpha value is -1.06. The Balaban J connectivity index is 3.35. The zero-order valence-electron chi connectivity index (χ0n) is 6.14. The van der Waals surface area contributed by atoms with Gasteiger partial charge in [-0.15, -0.1) is 0 Å². The molecule has 0 spiro atoms. The van der Waals surface area contributed by atoms with Crippen molar-refractivity contribution in [1.29, 1.82) is 5.41 Å². The third-order valence-electron chi connectivity index (χ3n) is 0.913. The molecule has 4 nitrogen and oxygen atoms in total. The molecule has 0 saturated heterocycles. The highest BCUT2D eigenvalue weighted by Crippen LogP contribution is 1.85. The lowest BCUT2D eigenvalue weighted by Crippen LogP contribution is -2.13. The van der Waals surface area contributed by atoms with E-state index >= 15 is 0 Å². The van der Waals surface area contributed by atoms with Crippen molar-refractivity contribution in [3.63, 3.8) is 0 Å². The summed E-state index contributed by atoms with van der Waals surface area (Å²) < 4.78 is 8.94. The second kappa shape index (κ2) is 4.78. The lowest BCUT2D eigenvalue weighted by molar-refractivity contribution is -0.143. The highest BCUT2D eigenvalue weighted by molar-refractivity contribution is 5.77. The summed E-state index contributed by atoms with van der Waals surface area (Å²) >= 11 is 0. The van der Waals surface area contributed by atoms with Gasteiger partial charge in [0.15, 0.2) is 12.5 Å². The molecule has 0 aliphatic carbocycles. The number of esters is 1. The Morgan fingerprint density at radius 2 is 2.20 bits per heavy atom. The summed E-state index contributed by atoms with van der Waals surface area (Å²) in [6.45, 7) is 1.61. The molecule has 0 aliphatic heterocycles. The van der Waals surface area contributed by atoms with Crippen LogP contribution in [0.5, 0.6) is 0 Å². The molecule has 0 aromatic carbocycles. The van der Waals surface area contributed by atoms with E-state index in [9.17, 15) is 4.79 Å². The van der Waals surface area contributed by atoms with Gasteiger partial charge < -0.3 is 9.47 Å². The molecule has 0 saturated carbocycles. The molecule has 0 rings (SSSR count). The summed E-state index contributed by atoms with van der Waals surface area (Å²) in [6.07, 6.45) is 0.497. The SMILES string of the molecule is CCC(=N)OCC(=O)OC. The van der Waals surface area contributed by atoms with Crippen molar-refractivity contribution in [3.8, 4) is 0 Å². The predicted molar refractivity (Wildman–Crippen MR) is 36.0 cm³/mol. The van der Waals surface area contributed by atoms with E-state index in [2.05, 4.69) is 9.47 Å². The highest BCUT2D eigenvalue weighted by Gasteiger charge is 2.00. The van der Waals surface area contributed by atoms with Crippen LogP contribution in [0.1, 0.15) is 13.3 Å². The Labute approximate surface area is 59.6 Å². The van der Waals surface area contributed by atoms with Gasteiger partial charge in [-0.05, 0) is 0 Å². The lowest BCUT2D eigenvalue weighted by Gasteiger charge is -2.02. The number of methoxy groups -OCH3 is 1. The fourth-order valence-corrected chi connectivity index (χ4v) is 0.307. The summed E-state index contributed by atoms with van der Waals surface area (Å²) in [5.74, 6) is -0.358. The van der Waals surface area contributed by atoms with Crippen LogP contribution >= 0.6 is 0 Å². The van der Waals surface area contributed by atoms with Crippen molar-refractivity contribution >= 4 is 11.9 Å². The second-order valence-electron chi connectivity index (χ2n) is 1.64. The fourth-order valence-electron chi connectivity index (χ4n) is 0.307. The molecule has 0 amide bonds. The second-order valence-corrected chi connectivity index (χ2v) is 1.64. The van der Waals surface area contributed by atoms with Gasteiger partial charge in [-0.3, -0.25) is 5.41 Å². The topological polar surface area (TPSA) is 59.4 Å². The van der Waals surface area contributed by atoms with Gasteiger partial charge in [0.2, 0.25) is 0 Å². The number of rotatable bonds is 3. The van der Waals surface area contributed by atoms with Crippen LogP contribution in [-0.2, 0) is 14.3 Å². The first kappa shape index (κ1) is 8.94. The summed E-state index contributed by atoms with van der Waals surface area (Å²) in [5, 5.41) is 6.98. The fraction of sp³-hybridized carbons (Fsp3) is 0.667. The van der Waals surface area contributed by atoms with Gasteiger partial charge >= 0.3 is 5.97 Å². The first-order chi connectivity index (χ1) is 4.70. The van der Waals surface area contributed by atoms with Crippen LogP contribution in [0.25, 0.3) is 0 Å². The molecule has 0 fully saturated rings. The minimum absolute atomic E-state index is 0.102. The lowest BCUT2D eigenvalue weighted by atomic mass is 10.5. The summed E-state index contributed by atoms with van der Waals surface area (Å²) in [6, 6.07) is 0. The average Bonchev–Trinajstić information content (AvgIpc) is 1.99. The summed E-state index contributed by atoms with van der Waals surface area (Å²) in [5.41, 5.74) is 0. The van der Waals surface area contributed by atoms with Crippen molar-refractivity contribution in [2.24, 2.45) is 0 Å². The zero-order chi connectivity index (χ0) is 7.98. The molecule has 10 heavy (non-hydrogen) atoms. The summed E-state index contributed by atoms with van der Waals surface area (Å²) in [4.78, 5) is 10.4. The smallest absolute Gasteiger partial charge is 0.343 e. The molecule has 58 valence electrons. The highest BCUT2D eigenvalue weighted by atomic mass is 16.6. The van der Waals surface area contributed by atoms with Crippen LogP contribution in [0, 0.1) is 5.41 Å². The monoisotopic (exact) mass is 145 g/mol. The third kappa shape index (κ3) is 3.88. The summed E-state index contributed by atoms with van der Waals surface area (Å²) in [7, 11) is 1.28. The molecule has 0 aromatic rings. The van der Waals surface area contributed by atoms with E-state index in [-0.39, 0.29) is 12.5 Å². The van der Waals surface area contributed by atoms with E-state index in [4.69, 9.17) is 5.41 Å². The maximum atomic E-state index is 10.4. The van der Waals surface area contributed by atoms with E-state index < -0.39 is 5.97 Å². The average molecular weight is 145 g/mol. The Morgan fingerprint density at radius 1 is 1.60 bits per heavy atom. The molecular weight excluding hydrogens is 134 g/mol. The van der Waals surface area contributed by atoms with Gasteiger partial charge in [0.25, 0.3) is 0 Å². The predicted octanol–water partition coefficient (Wildman–Crippen LogP) is 0.563. The quantitative estimate of drug-likeness (QED) is 0.358. The third-order valence-corrected chi connectivity index (χ3v) is 0.913. The van der Waals surface area contributed by atoms with Gasteiger partial charge in [0, 0.05) is 6.42 Å². The van der Waals surface area contributed by atoms with Crippen LogP contribution in [0.15, 0.2) is 0 Å². The number of nitrogens with one attached hydrogen (secondary N) is 1. The number of carbonyl (C=O) groups excluding carboxylic acids is 1. The maximum absolute atomic E-state index is 10.4. The van der Waals surface area contributed by atoms with E-state index in [1.807, 2.05) is 0 Å². The van der Waals surface area contributed by atoms with Crippen LogP contribution in [0.4, 0.5) is 0 Å². The van der Waals surface area contributed by atoms with Crippen molar-refractivity contribution in [3.05, 3.63) is 0 Å². The van der Waals surface area contributed by atoms with Crippen LogP contribution in [0.3, 0.4) is 0 Å². The van der Waals surface area contributed by atoms with Crippen LogP contribution < -0.4 is 0 Å². The first-order valence-corrected chi connectivity index (χ1v) is 2.97. The maximum Gasteiger partial charge on any atom is 0.343 e. The van der Waals surface area contributed by atoms with Crippen molar-refractivity contribution < 1.29 is 14.3 Å². The van der Waals surface area contributed by atoms with E-state index in [0.717, 1.165) is 0 Å². The molecule has 0 aliphatic rings. The normalized spacial score (nSPS) is 8.60. The van der Waals surface area contributed by atoms with Crippen LogP contribution in [-0.4, -0.2) is 25.6 Å². The van der Waals surface area contributed by atoms with Crippen molar-refractivity contribution in [1.82, 2.24) is 0 Å². The van der Waals surface area contributed by atoms with Gasteiger partial charge in [-0.25, -0.2) is 4.79 Å². The molecule has 4 heteroatoms. The van der Waals surface area contributed by atoms with E-state index in [1.165, 1.54) is 7.11 Å². The van der Waals surface area contributed by atoms with Gasteiger partial charge in [0.1, 0.15) is 0 Å². The van der Waals surface area contributed by atoms with Crippen molar-refractivity contribution in [2.75, 3.05) is 13.7 Å². The number of ether oxygens (including phenoxy) is 2. The number of hydrogen-bond acceptors (Lipinski definition) is 4.